The summed E-state index contributed by atoms with van der Waals surface area (Å²) in [5, 5.41) is 30.3. The minimum absolute atomic E-state index is 0.0361. The lowest BCUT2D eigenvalue weighted by Gasteiger charge is -2.19. The van der Waals surface area contributed by atoms with Gasteiger partial charge in [0.1, 0.15) is 6.04 Å². The Labute approximate surface area is 149 Å². The topological polar surface area (TPSA) is 140 Å². The molecule has 1 aromatic carbocycles. The summed E-state index contributed by atoms with van der Waals surface area (Å²) in [5.74, 6) is -2.05. The molecule has 2 rings (SSSR count). The molecule has 0 aliphatic rings. The van der Waals surface area contributed by atoms with Gasteiger partial charge in [-0.1, -0.05) is 31.5 Å². The molecule has 0 saturated carbocycles. The van der Waals surface area contributed by atoms with Gasteiger partial charge in [-0.25, -0.2) is 9.48 Å². The highest BCUT2D eigenvalue weighted by Crippen LogP contribution is 2.18. The number of amides is 1. The Hall–Kier alpha value is -3.30. The number of aromatic nitrogens is 3. The highest BCUT2D eigenvalue weighted by atomic mass is 16.6. The number of carbonyl (C=O) groups is 2. The number of carboxylic acid groups (broad SMARTS) is 1. The minimum Gasteiger partial charge on any atom is -0.480 e. The van der Waals surface area contributed by atoms with Crippen LogP contribution in [-0.2, 0) is 4.79 Å². The normalized spacial score (nSPS) is 13.0. The van der Waals surface area contributed by atoms with Crippen LogP contribution in [0, 0.1) is 23.0 Å². The Bertz CT molecular complexity index is 847. The summed E-state index contributed by atoms with van der Waals surface area (Å²) in [6.45, 7) is 5.13. The second kappa shape index (κ2) is 7.72. The van der Waals surface area contributed by atoms with Crippen molar-refractivity contribution in [2.75, 3.05) is 0 Å². The first-order valence-electron chi connectivity index (χ1n) is 7.97. The summed E-state index contributed by atoms with van der Waals surface area (Å²) in [7, 11) is 0. The smallest absolute Gasteiger partial charge is 0.326 e. The molecule has 0 radical (unpaired) electrons. The SMILES string of the molecule is CC[C@H](C)[C@H](NC(=O)c1nnn(-c2cccc([N+](=O)[O-])c2)c1C)C(=O)O. The van der Waals surface area contributed by atoms with Gasteiger partial charge in [0.2, 0.25) is 0 Å². The van der Waals surface area contributed by atoms with E-state index < -0.39 is 22.8 Å². The van der Waals surface area contributed by atoms with Gasteiger partial charge in [0, 0.05) is 12.1 Å². The fourth-order valence-corrected chi connectivity index (χ4v) is 2.42. The second-order valence-corrected chi connectivity index (χ2v) is 5.89. The van der Waals surface area contributed by atoms with Crippen LogP contribution in [-0.4, -0.2) is 42.9 Å². The van der Waals surface area contributed by atoms with Gasteiger partial charge in [-0.2, -0.15) is 0 Å². The number of carbonyl (C=O) groups excluding carboxylic acids is 1. The third kappa shape index (κ3) is 3.85. The highest BCUT2D eigenvalue weighted by molar-refractivity contribution is 5.95. The van der Waals surface area contributed by atoms with Crippen molar-refractivity contribution in [3.63, 3.8) is 0 Å². The maximum Gasteiger partial charge on any atom is 0.326 e. The number of hydrogen-bond acceptors (Lipinski definition) is 6. The van der Waals surface area contributed by atoms with E-state index in [2.05, 4.69) is 15.6 Å². The van der Waals surface area contributed by atoms with Crippen LogP contribution in [0.5, 0.6) is 0 Å². The average Bonchev–Trinajstić information content (AvgIpc) is 3.00. The molecule has 0 aliphatic heterocycles. The molecule has 1 aromatic heterocycles. The Kier molecular flexibility index (Phi) is 5.65. The molecule has 138 valence electrons. The zero-order chi connectivity index (χ0) is 19.4. The first kappa shape index (κ1) is 19.0. The maximum absolute atomic E-state index is 12.4. The standard InChI is InChI=1S/C16H19N5O5/c1-4-9(2)13(16(23)24)17-15(22)14-10(3)20(19-18-14)11-6-5-7-12(8-11)21(25)26/h5-9,13H,4H2,1-3H3,(H,17,22)(H,23,24)/t9-,13-/m0/s1. The van der Waals surface area contributed by atoms with Crippen molar-refractivity contribution in [2.45, 2.75) is 33.2 Å². The minimum atomic E-state index is -1.13. The Morgan fingerprint density at radius 3 is 2.69 bits per heavy atom. The summed E-state index contributed by atoms with van der Waals surface area (Å²) in [4.78, 5) is 34.1. The van der Waals surface area contributed by atoms with Crippen molar-refractivity contribution in [3.8, 4) is 5.69 Å². The van der Waals surface area contributed by atoms with E-state index in [9.17, 15) is 24.8 Å². The van der Waals surface area contributed by atoms with E-state index in [1.807, 2.05) is 6.92 Å². The molecular formula is C16H19N5O5. The predicted octanol–water partition coefficient (Wildman–Crippen LogP) is 1.71. The van der Waals surface area contributed by atoms with Crippen LogP contribution in [0.15, 0.2) is 24.3 Å². The molecule has 10 heteroatoms. The Morgan fingerprint density at radius 2 is 2.12 bits per heavy atom. The number of nitrogens with zero attached hydrogens (tertiary/aromatic N) is 4. The zero-order valence-electron chi connectivity index (χ0n) is 14.5. The van der Waals surface area contributed by atoms with E-state index >= 15 is 0 Å². The van der Waals surface area contributed by atoms with Crippen LogP contribution in [0.25, 0.3) is 5.69 Å². The van der Waals surface area contributed by atoms with Crippen LogP contribution in [0.4, 0.5) is 5.69 Å². The summed E-state index contributed by atoms with van der Waals surface area (Å²) in [5.41, 5.74) is 0.563. The lowest BCUT2D eigenvalue weighted by atomic mass is 9.99. The number of nitro groups is 1. The van der Waals surface area contributed by atoms with Gasteiger partial charge in [0.15, 0.2) is 5.69 Å². The molecule has 26 heavy (non-hydrogen) atoms. The first-order chi connectivity index (χ1) is 12.3. The monoisotopic (exact) mass is 361 g/mol. The van der Waals surface area contributed by atoms with Crippen LogP contribution in [0.3, 0.4) is 0 Å². The number of benzene rings is 1. The van der Waals surface area contributed by atoms with E-state index in [4.69, 9.17) is 0 Å². The number of rotatable bonds is 7. The molecule has 0 unspecified atom stereocenters. The molecule has 10 nitrogen and oxygen atoms in total. The quantitative estimate of drug-likeness (QED) is 0.565. The first-order valence-corrected chi connectivity index (χ1v) is 7.97. The largest absolute Gasteiger partial charge is 0.480 e. The van der Waals surface area contributed by atoms with E-state index in [1.54, 1.807) is 19.9 Å². The number of hydrogen-bond donors (Lipinski definition) is 2. The Morgan fingerprint density at radius 1 is 1.42 bits per heavy atom. The van der Waals surface area contributed by atoms with Crippen molar-refractivity contribution < 1.29 is 19.6 Å². The van der Waals surface area contributed by atoms with Gasteiger partial charge in [-0.3, -0.25) is 14.9 Å². The van der Waals surface area contributed by atoms with Gasteiger partial charge in [0.25, 0.3) is 11.6 Å². The van der Waals surface area contributed by atoms with Crippen LogP contribution in [0.1, 0.15) is 36.5 Å². The molecule has 0 bridgehead atoms. The third-order valence-electron chi connectivity index (χ3n) is 4.16. The Balaban J connectivity index is 2.31. The summed E-state index contributed by atoms with van der Waals surface area (Å²) in [6, 6.07) is 4.69. The maximum atomic E-state index is 12.4. The van der Waals surface area contributed by atoms with Crippen LogP contribution >= 0.6 is 0 Å². The van der Waals surface area contributed by atoms with E-state index in [1.165, 1.54) is 22.9 Å². The van der Waals surface area contributed by atoms with Crippen molar-refractivity contribution in [1.82, 2.24) is 20.3 Å². The molecule has 0 aliphatic carbocycles. The summed E-state index contributed by atoms with van der Waals surface area (Å²) >= 11 is 0. The van der Waals surface area contributed by atoms with Crippen molar-refractivity contribution >= 4 is 17.6 Å². The number of aliphatic carboxylic acids is 1. The fraction of sp³-hybridized carbons (Fsp3) is 0.375. The van der Waals surface area contributed by atoms with E-state index in [-0.39, 0.29) is 17.3 Å². The van der Waals surface area contributed by atoms with Crippen molar-refractivity contribution in [1.29, 1.82) is 0 Å². The number of non-ortho nitro benzene ring substituents is 1. The molecule has 1 heterocycles. The summed E-state index contributed by atoms with van der Waals surface area (Å²) < 4.78 is 1.29. The molecule has 2 atom stereocenters. The van der Waals surface area contributed by atoms with Crippen LogP contribution in [0.2, 0.25) is 0 Å². The highest BCUT2D eigenvalue weighted by Gasteiger charge is 2.28. The lowest BCUT2D eigenvalue weighted by molar-refractivity contribution is -0.384. The van der Waals surface area contributed by atoms with E-state index in [0.717, 1.165) is 0 Å². The molecule has 2 N–H and O–H groups in total. The number of carboxylic acids is 1. The van der Waals surface area contributed by atoms with E-state index in [0.29, 0.717) is 17.8 Å². The number of nitro benzene ring substituents is 1. The van der Waals surface area contributed by atoms with Gasteiger partial charge >= 0.3 is 5.97 Å². The third-order valence-corrected chi connectivity index (χ3v) is 4.16. The molecule has 1 amide bonds. The average molecular weight is 361 g/mol. The molecule has 0 saturated heterocycles. The zero-order valence-corrected chi connectivity index (χ0v) is 14.5. The second-order valence-electron chi connectivity index (χ2n) is 5.89. The van der Waals surface area contributed by atoms with Gasteiger partial charge < -0.3 is 10.4 Å². The predicted molar refractivity (Wildman–Crippen MR) is 91.1 cm³/mol. The van der Waals surface area contributed by atoms with Crippen LogP contribution < -0.4 is 5.32 Å². The van der Waals surface area contributed by atoms with Gasteiger partial charge in [-0.05, 0) is 18.9 Å². The van der Waals surface area contributed by atoms with Crippen molar-refractivity contribution in [3.05, 3.63) is 45.8 Å². The number of nitrogens with one attached hydrogen (secondary N) is 1. The van der Waals surface area contributed by atoms with Gasteiger partial charge in [0.05, 0.1) is 16.3 Å². The molecule has 0 fully saturated rings. The fourth-order valence-electron chi connectivity index (χ4n) is 2.42. The lowest BCUT2D eigenvalue weighted by Crippen LogP contribution is -2.45. The van der Waals surface area contributed by atoms with Crippen molar-refractivity contribution in [2.24, 2.45) is 5.92 Å². The molecule has 0 spiro atoms. The summed E-state index contributed by atoms with van der Waals surface area (Å²) in [6.07, 6.45) is 0.580. The molecular weight excluding hydrogens is 342 g/mol. The molecule has 2 aromatic rings. The van der Waals surface area contributed by atoms with Gasteiger partial charge in [-0.15, -0.1) is 5.10 Å².